The van der Waals surface area contributed by atoms with E-state index in [4.69, 9.17) is 0 Å². The van der Waals surface area contributed by atoms with Crippen LogP contribution >= 0.6 is 11.8 Å². The minimum Gasteiger partial charge on any atom is -0.298 e. The number of thioether (sulfide) groups is 1. The summed E-state index contributed by atoms with van der Waals surface area (Å²) in [5.41, 5.74) is 0.694. The zero-order chi connectivity index (χ0) is 61.1. The van der Waals surface area contributed by atoms with Crippen molar-refractivity contribution in [3.63, 3.8) is 0 Å². The van der Waals surface area contributed by atoms with Crippen molar-refractivity contribution in [3.05, 3.63) is 265 Å². The van der Waals surface area contributed by atoms with E-state index in [0.717, 1.165) is 32.1 Å². The molecular formula is C73H60N2O10S2. The molecular weight excluding hydrogens is 1130 g/mol. The lowest BCUT2D eigenvalue weighted by atomic mass is 9.62. The van der Waals surface area contributed by atoms with Gasteiger partial charge < -0.3 is 0 Å². The van der Waals surface area contributed by atoms with Gasteiger partial charge in [-0.05, 0) is 135 Å². The molecule has 87 heavy (non-hydrogen) atoms. The molecule has 4 bridgehead atoms. The predicted octanol–water partition coefficient (Wildman–Crippen LogP) is 13.2. The SMILES string of the molecule is CC1(C)OO1.CC12C(=O)C(C)(C(c3ccccc3)=C1c1ccccc1)C1(S(=O)(=O)c3ccccc3)C(=O)N(c3ccccc3)C(=O)C21.CC12C(=O)C(C)(C(c3ccccc3)=C1c1ccccc1)C1(Sc3ccccc3)C(=O)N(c3ccccc3)C(=O)C21. The standard InChI is InChI=1S/C35H27NO5S.C35H27NO3S.C3H6O2/c1-33-27(23-15-7-3-8-16-23)28(24-17-9-4-10-18-24)34(2,31(33)38)35(42(40,41)26-21-13-6-14-22-26)29(33)30(37)36(32(35)39)25-19-11-5-12-20-25;1-33-27(23-15-7-3-8-16-23)28(24-17-9-4-10-18-24)34(2,31(33)38)35(40-26-21-13-6-14-22-26)29(33)30(37)36(32(35)39)25-19-11-5-12-20-25;1-3(2)4-5-3/h3-22,29H,1-2H3;3-22,29H,1-2H3;1-2H3. The number of para-hydroxylation sites is 2. The van der Waals surface area contributed by atoms with Crippen LogP contribution in [0.3, 0.4) is 0 Å². The van der Waals surface area contributed by atoms with Gasteiger partial charge in [-0.2, -0.15) is 9.78 Å². The predicted molar refractivity (Wildman–Crippen MR) is 334 cm³/mol. The molecule has 14 heteroatoms. The van der Waals surface area contributed by atoms with E-state index in [1.54, 1.807) is 74.5 Å². The fraction of sp³-hybridized carbons (Fsp3) is 0.205. The van der Waals surface area contributed by atoms with Gasteiger partial charge in [0, 0.05) is 4.90 Å². The fourth-order valence-corrected chi connectivity index (χ4v) is 19.9. The van der Waals surface area contributed by atoms with Gasteiger partial charge in [-0.3, -0.25) is 28.8 Å². The molecule has 7 aliphatic rings. The van der Waals surface area contributed by atoms with E-state index in [1.807, 2.05) is 198 Å². The highest BCUT2D eigenvalue weighted by molar-refractivity contribution is 8.01. The first-order valence-electron chi connectivity index (χ1n) is 28.8. The lowest BCUT2D eigenvalue weighted by Gasteiger charge is -2.44. The number of carbonyl (C=O) groups is 6. The van der Waals surface area contributed by atoms with Crippen LogP contribution in [0.1, 0.15) is 63.8 Å². The highest BCUT2D eigenvalue weighted by Gasteiger charge is 2.91. The zero-order valence-corrected chi connectivity index (χ0v) is 50.2. The molecule has 8 unspecified atom stereocenters. The summed E-state index contributed by atoms with van der Waals surface area (Å²) in [5, 5.41) is 0. The van der Waals surface area contributed by atoms with Gasteiger partial charge in [0.15, 0.2) is 26.2 Å². The summed E-state index contributed by atoms with van der Waals surface area (Å²) in [4.78, 5) is 101. The van der Waals surface area contributed by atoms with Gasteiger partial charge in [-0.1, -0.05) is 194 Å². The number of amides is 4. The normalized spacial score (nSPS) is 28.8. The molecule has 8 aromatic rings. The Hall–Kier alpha value is -8.92. The van der Waals surface area contributed by atoms with Crippen molar-refractivity contribution in [1.82, 2.24) is 0 Å². The number of hydrogen-bond donors (Lipinski definition) is 0. The second-order valence-corrected chi connectivity index (χ2v) is 27.5. The smallest absolute Gasteiger partial charge is 0.257 e. The van der Waals surface area contributed by atoms with Gasteiger partial charge in [-0.15, -0.1) is 11.8 Å². The van der Waals surface area contributed by atoms with Crippen molar-refractivity contribution in [1.29, 1.82) is 0 Å². The van der Waals surface area contributed by atoms with E-state index in [-0.39, 0.29) is 34.0 Å². The number of rotatable bonds is 10. The monoisotopic (exact) mass is 1190 g/mol. The number of imide groups is 2. The molecule has 2 saturated carbocycles. The first kappa shape index (κ1) is 57.2. The minimum absolute atomic E-state index is 0.0689. The number of benzene rings is 8. The molecule has 3 heterocycles. The third-order valence-corrected chi connectivity index (χ3v) is 23.2. The molecule has 434 valence electrons. The quantitative estimate of drug-likeness (QED) is 0.0726. The first-order valence-corrected chi connectivity index (χ1v) is 31.1. The Morgan fingerprint density at radius 1 is 0.379 bits per heavy atom. The van der Waals surface area contributed by atoms with Crippen LogP contribution < -0.4 is 9.80 Å². The van der Waals surface area contributed by atoms with E-state index in [1.165, 1.54) is 28.8 Å². The topological polar surface area (TPSA) is 168 Å². The van der Waals surface area contributed by atoms with E-state index in [2.05, 4.69) is 9.78 Å². The number of ketones is 2. The maximum atomic E-state index is 15.1. The average molecular weight is 1190 g/mol. The molecule has 4 aliphatic carbocycles. The summed E-state index contributed by atoms with van der Waals surface area (Å²) < 4.78 is 26.4. The van der Waals surface area contributed by atoms with Crippen LogP contribution in [0.15, 0.2) is 252 Å². The Morgan fingerprint density at radius 2 is 0.690 bits per heavy atom. The van der Waals surface area contributed by atoms with Gasteiger partial charge in [0.1, 0.15) is 4.75 Å². The molecule has 8 aromatic carbocycles. The van der Waals surface area contributed by atoms with E-state index in [0.29, 0.717) is 28.0 Å². The van der Waals surface area contributed by atoms with Crippen molar-refractivity contribution in [2.45, 2.75) is 66.6 Å². The van der Waals surface area contributed by atoms with Crippen LogP contribution in [0.25, 0.3) is 22.3 Å². The number of carbonyl (C=O) groups excluding carboxylic acids is 6. The number of sulfone groups is 1. The first-order chi connectivity index (χ1) is 41.7. The lowest BCUT2D eigenvalue weighted by Crippen LogP contribution is -2.60. The molecule has 0 spiro atoms. The maximum absolute atomic E-state index is 15.1. The third-order valence-electron chi connectivity index (χ3n) is 19.0. The van der Waals surface area contributed by atoms with Crippen LogP contribution in [0.5, 0.6) is 0 Å². The van der Waals surface area contributed by atoms with Gasteiger partial charge in [0.25, 0.3) is 11.8 Å². The van der Waals surface area contributed by atoms with E-state index in [9.17, 15) is 28.8 Å². The van der Waals surface area contributed by atoms with Crippen LogP contribution in [-0.2, 0) is 48.4 Å². The summed E-state index contributed by atoms with van der Waals surface area (Å²) >= 11 is 1.37. The summed E-state index contributed by atoms with van der Waals surface area (Å²) in [6, 6.07) is 73.0. The van der Waals surface area contributed by atoms with Gasteiger partial charge in [0.05, 0.1) is 49.8 Å². The van der Waals surface area contributed by atoms with Crippen LogP contribution in [-0.4, -0.2) is 58.9 Å². The number of fused-ring (bicyclic) bond motifs is 10. The molecule has 15 rings (SSSR count). The second-order valence-electron chi connectivity index (χ2n) is 24.0. The molecule has 3 saturated heterocycles. The minimum atomic E-state index is -4.63. The highest BCUT2D eigenvalue weighted by atomic mass is 32.2. The summed E-state index contributed by atoms with van der Waals surface area (Å²) in [6.07, 6.45) is 0. The molecule has 0 aromatic heterocycles. The molecule has 3 aliphatic heterocycles. The average Bonchev–Trinajstić information content (AvgIpc) is 1.46. The van der Waals surface area contributed by atoms with Gasteiger partial charge in [0.2, 0.25) is 17.6 Å². The van der Waals surface area contributed by atoms with Crippen LogP contribution in [0.4, 0.5) is 11.4 Å². The molecule has 4 amide bonds. The fourth-order valence-electron chi connectivity index (χ4n) is 15.6. The number of hydrogen-bond acceptors (Lipinski definition) is 11. The van der Waals surface area contributed by atoms with Crippen molar-refractivity contribution < 1.29 is 47.0 Å². The zero-order valence-electron chi connectivity index (χ0n) is 48.5. The summed E-state index contributed by atoms with van der Waals surface area (Å²) in [6.45, 7) is 10.7. The van der Waals surface area contributed by atoms with Crippen molar-refractivity contribution >= 4 is 90.5 Å². The Balaban J connectivity index is 0.000000149. The lowest BCUT2D eigenvalue weighted by molar-refractivity contribution is -0.133. The van der Waals surface area contributed by atoms with E-state index < -0.39 is 70.4 Å². The summed E-state index contributed by atoms with van der Waals surface area (Å²) in [5.74, 6) is -5.35. The second kappa shape index (κ2) is 20.3. The molecule has 12 nitrogen and oxygen atoms in total. The van der Waals surface area contributed by atoms with Crippen LogP contribution in [0.2, 0.25) is 0 Å². The largest absolute Gasteiger partial charge is 0.298 e. The number of nitrogens with zero attached hydrogens (tertiary/aromatic N) is 2. The summed E-state index contributed by atoms with van der Waals surface area (Å²) in [7, 11) is -4.63. The van der Waals surface area contributed by atoms with Gasteiger partial charge in [-0.25, -0.2) is 18.2 Å². The molecule has 0 radical (unpaired) electrons. The maximum Gasteiger partial charge on any atom is 0.257 e. The van der Waals surface area contributed by atoms with Crippen molar-refractivity contribution in [3.8, 4) is 0 Å². The highest BCUT2D eigenvalue weighted by Crippen LogP contribution is 2.80. The number of Topliss-reactive ketones (excluding diaryl/α,β-unsaturated/α-hetero) is 2. The Kier molecular flexibility index (Phi) is 13.4. The molecule has 5 fully saturated rings. The Morgan fingerprint density at radius 3 is 1.09 bits per heavy atom. The van der Waals surface area contributed by atoms with Gasteiger partial charge >= 0.3 is 0 Å². The van der Waals surface area contributed by atoms with Crippen molar-refractivity contribution in [2.75, 3.05) is 9.80 Å². The number of allylic oxidation sites excluding steroid dienone is 4. The van der Waals surface area contributed by atoms with Crippen LogP contribution in [0, 0.1) is 33.5 Å². The number of anilines is 2. The van der Waals surface area contributed by atoms with E-state index >= 15 is 8.42 Å². The molecule has 0 N–H and O–H groups in total. The third kappa shape index (κ3) is 7.67. The Labute approximate surface area is 509 Å². The molecule has 8 atom stereocenters. The van der Waals surface area contributed by atoms with Crippen molar-refractivity contribution in [2.24, 2.45) is 33.5 Å². The Bertz CT molecular complexity index is 4320.